The number of amidine groups is 1. The van der Waals surface area contributed by atoms with E-state index in [1.165, 1.54) is 36.8 Å². The van der Waals surface area contributed by atoms with Crippen molar-refractivity contribution in [1.82, 2.24) is 5.32 Å². The van der Waals surface area contributed by atoms with E-state index in [1.54, 1.807) is 0 Å². The predicted octanol–water partition coefficient (Wildman–Crippen LogP) is 2.77. The van der Waals surface area contributed by atoms with Crippen molar-refractivity contribution in [3.8, 4) is 0 Å². The van der Waals surface area contributed by atoms with E-state index in [-0.39, 0.29) is 0 Å². The third kappa shape index (κ3) is 2.63. The minimum absolute atomic E-state index is 0.915. The molecule has 0 radical (unpaired) electrons. The highest BCUT2D eigenvalue weighted by Crippen LogP contribution is 2.14. The molecule has 0 saturated carbocycles. The lowest BCUT2D eigenvalue weighted by molar-refractivity contribution is 0.717. The molecule has 1 aliphatic heterocycles. The normalized spacial score (nSPS) is 14.7. The van der Waals surface area contributed by atoms with Crippen LogP contribution < -0.4 is 5.32 Å². The Morgan fingerprint density at radius 3 is 2.88 bits per heavy atom. The number of nitrogens with one attached hydrogen (secondary N) is 1. The summed E-state index contributed by atoms with van der Waals surface area (Å²) in [6.07, 6.45) is 5.04. The summed E-state index contributed by atoms with van der Waals surface area (Å²) in [6, 6.07) is 8.63. The van der Waals surface area contributed by atoms with Gasteiger partial charge in [0.15, 0.2) is 0 Å². The summed E-state index contributed by atoms with van der Waals surface area (Å²) in [6.45, 7) is 4.14. The molecular weight excluding hydrogens is 196 g/mol. The highest BCUT2D eigenvalue weighted by Gasteiger charge is 2.11. The summed E-state index contributed by atoms with van der Waals surface area (Å²) >= 11 is 0. The molecule has 1 aliphatic rings. The van der Waals surface area contributed by atoms with E-state index in [9.17, 15) is 0 Å². The van der Waals surface area contributed by atoms with E-state index in [1.807, 2.05) is 0 Å². The third-order valence-corrected chi connectivity index (χ3v) is 3.00. The molecule has 0 bridgehead atoms. The van der Waals surface area contributed by atoms with Gasteiger partial charge in [-0.1, -0.05) is 44.0 Å². The van der Waals surface area contributed by atoms with Crippen LogP contribution in [0.4, 0.5) is 0 Å². The first kappa shape index (κ1) is 11.2. The van der Waals surface area contributed by atoms with Crippen LogP contribution in [0.1, 0.15) is 37.3 Å². The molecule has 0 fully saturated rings. The number of hydrogen-bond donors (Lipinski definition) is 1. The van der Waals surface area contributed by atoms with Gasteiger partial charge in [0.05, 0.1) is 6.54 Å². The van der Waals surface area contributed by atoms with Crippen molar-refractivity contribution in [1.29, 1.82) is 0 Å². The Balaban J connectivity index is 2.10. The second-order valence-electron chi connectivity index (χ2n) is 4.27. The van der Waals surface area contributed by atoms with Crippen LogP contribution in [0.15, 0.2) is 29.3 Å². The fourth-order valence-corrected chi connectivity index (χ4v) is 2.11. The monoisotopic (exact) mass is 216 g/mol. The van der Waals surface area contributed by atoms with Crippen LogP contribution in [0.25, 0.3) is 0 Å². The molecule has 0 unspecified atom stereocenters. The summed E-state index contributed by atoms with van der Waals surface area (Å²) in [5.41, 5.74) is 2.74. The number of nitrogens with zero attached hydrogens (tertiary/aromatic N) is 1. The zero-order valence-electron chi connectivity index (χ0n) is 10.00. The molecule has 86 valence electrons. The molecule has 1 aromatic rings. The van der Waals surface area contributed by atoms with Gasteiger partial charge in [-0.2, -0.15) is 0 Å². The fraction of sp³-hybridized carbons (Fsp3) is 0.500. The van der Waals surface area contributed by atoms with Crippen molar-refractivity contribution >= 4 is 5.84 Å². The molecule has 16 heavy (non-hydrogen) atoms. The smallest absolute Gasteiger partial charge is 0.128 e. The van der Waals surface area contributed by atoms with Crippen molar-refractivity contribution in [3.05, 3.63) is 35.4 Å². The van der Waals surface area contributed by atoms with Crippen LogP contribution in [0, 0.1) is 0 Å². The Labute approximate surface area is 97.8 Å². The van der Waals surface area contributed by atoms with E-state index in [0.717, 1.165) is 18.9 Å². The third-order valence-electron chi connectivity index (χ3n) is 3.00. The summed E-state index contributed by atoms with van der Waals surface area (Å²) in [4.78, 5) is 4.50. The lowest BCUT2D eigenvalue weighted by atomic mass is 10.0. The minimum Gasteiger partial charge on any atom is -0.368 e. The summed E-state index contributed by atoms with van der Waals surface area (Å²) < 4.78 is 0. The van der Waals surface area contributed by atoms with Gasteiger partial charge in [0, 0.05) is 12.1 Å². The summed E-state index contributed by atoms with van der Waals surface area (Å²) in [5, 5.41) is 3.35. The molecule has 0 amide bonds. The van der Waals surface area contributed by atoms with Crippen LogP contribution in [0.3, 0.4) is 0 Å². The maximum Gasteiger partial charge on any atom is 0.128 e. The number of rotatable bonds is 5. The molecule has 0 aromatic heterocycles. The molecule has 1 heterocycles. The zero-order valence-corrected chi connectivity index (χ0v) is 10.00. The number of aryl methyl sites for hydroxylation is 1. The highest BCUT2D eigenvalue weighted by atomic mass is 15.1. The summed E-state index contributed by atoms with van der Waals surface area (Å²) in [7, 11) is 0. The average Bonchev–Trinajstić information content (AvgIpc) is 2.83. The van der Waals surface area contributed by atoms with E-state index >= 15 is 0 Å². The van der Waals surface area contributed by atoms with Gasteiger partial charge in [-0.05, 0) is 18.4 Å². The predicted molar refractivity (Wildman–Crippen MR) is 69.1 cm³/mol. The Morgan fingerprint density at radius 1 is 1.25 bits per heavy atom. The molecule has 0 spiro atoms. The minimum atomic E-state index is 0.915. The first-order valence-corrected chi connectivity index (χ1v) is 6.28. The number of benzene rings is 1. The van der Waals surface area contributed by atoms with Gasteiger partial charge in [0.2, 0.25) is 0 Å². The van der Waals surface area contributed by atoms with Gasteiger partial charge in [-0.3, -0.25) is 4.99 Å². The average molecular weight is 216 g/mol. The maximum absolute atomic E-state index is 4.50. The molecule has 0 saturated heterocycles. The van der Waals surface area contributed by atoms with Crippen LogP contribution in [0.5, 0.6) is 0 Å². The van der Waals surface area contributed by atoms with Crippen molar-refractivity contribution < 1.29 is 0 Å². The van der Waals surface area contributed by atoms with E-state index in [0.29, 0.717) is 0 Å². The van der Waals surface area contributed by atoms with Crippen LogP contribution >= 0.6 is 0 Å². The SMILES string of the molecule is CCCCCc1ccccc1C1=NCCN1. The van der Waals surface area contributed by atoms with Crippen molar-refractivity contribution in [2.45, 2.75) is 32.6 Å². The van der Waals surface area contributed by atoms with Gasteiger partial charge in [-0.15, -0.1) is 0 Å². The maximum atomic E-state index is 4.50. The van der Waals surface area contributed by atoms with Crippen LogP contribution in [-0.4, -0.2) is 18.9 Å². The van der Waals surface area contributed by atoms with Crippen molar-refractivity contribution in [3.63, 3.8) is 0 Å². The fourth-order valence-electron chi connectivity index (χ4n) is 2.11. The Bertz CT molecular complexity index is 369. The number of aliphatic imine (C=N–C) groups is 1. The van der Waals surface area contributed by atoms with Crippen LogP contribution in [0.2, 0.25) is 0 Å². The number of hydrogen-bond acceptors (Lipinski definition) is 2. The second-order valence-corrected chi connectivity index (χ2v) is 4.27. The van der Waals surface area contributed by atoms with Gasteiger partial charge in [0.1, 0.15) is 5.84 Å². The standard InChI is InChI=1S/C14H20N2/c1-2-3-4-7-12-8-5-6-9-13(12)14-15-10-11-16-14/h5-6,8-9H,2-4,7,10-11H2,1H3,(H,15,16). The number of unbranched alkanes of at least 4 members (excludes halogenated alkanes) is 2. The van der Waals surface area contributed by atoms with Crippen molar-refractivity contribution in [2.24, 2.45) is 4.99 Å². The molecular formula is C14H20N2. The molecule has 1 aromatic carbocycles. The van der Waals surface area contributed by atoms with Crippen LogP contribution in [-0.2, 0) is 6.42 Å². The van der Waals surface area contributed by atoms with E-state index in [2.05, 4.69) is 41.5 Å². The topological polar surface area (TPSA) is 24.4 Å². The molecule has 2 nitrogen and oxygen atoms in total. The quantitative estimate of drug-likeness (QED) is 0.752. The zero-order chi connectivity index (χ0) is 11.2. The molecule has 0 aliphatic carbocycles. The second kappa shape index (κ2) is 5.69. The molecule has 2 rings (SSSR count). The molecule has 1 N–H and O–H groups in total. The lowest BCUT2D eigenvalue weighted by Crippen LogP contribution is -2.20. The van der Waals surface area contributed by atoms with Gasteiger partial charge in [0.25, 0.3) is 0 Å². The van der Waals surface area contributed by atoms with Gasteiger partial charge in [-0.25, -0.2) is 0 Å². The van der Waals surface area contributed by atoms with Gasteiger partial charge < -0.3 is 5.32 Å². The first-order chi connectivity index (χ1) is 7.92. The molecule has 2 heteroatoms. The van der Waals surface area contributed by atoms with Crippen molar-refractivity contribution in [2.75, 3.05) is 13.1 Å². The van der Waals surface area contributed by atoms with E-state index in [4.69, 9.17) is 0 Å². The lowest BCUT2D eigenvalue weighted by Gasteiger charge is -2.09. The van der Waals surface area contributed by atoms with Gasteiger partial charge >= 0.3 is 0 Å². The van der Waals surface area contributed by atoms with E-state index < -0.39 is 0 Å². The Kier molecular flexibility index (Phi) is 3.97. The summed E-state index contributed by atoms with van der Waals surface area (Å²) in [5.74, 6) is 1.09. The largest absolute Gasteiger partial charge is 0.368 e. The Hall–Kier alpha value is -1.31. The highest BCUT2D eigenvalue weighted by molar-refractivity contribution is 6.00. The Morgan fingerprint density at radius 2 is 2.12 bits per heavy atom. The first-order valence-electron chi connectivity index (χ1n) is 6.28. The molecule has 0 atom stereocenters.